The van der Waals surface area contributed by atoms with Crippen LogP contribution < -0.4 is 4.74 Å². The molecule has 0 amide bonds. The molecule has 0 unspecified atom stereocenters. The van der Waals surface area contributed by atoms with Gasteiger partial charge in [0.1, 0.15) is 6.20 Å². The van der Waals surface area contributed by atoms with E-state index in [2.05, 4.69) is 16.0 Å². The Morgan fingerprint density at radius 3 is 2.83 bits per heavy atom. The Morgan fingerprint density at radius 1 is 1.67 bits per heavy atom. The molecule has 1 heterocycles. The summed E-state index contributed by atoms with van der Waals surface area (Å²) in [5.41, 5.74) is 0. The van der Waals surface area contributed by atoms with Gasteiger partial charge in [-0.05, 0) is 6.92 Å². The van der Waals surface area contributed by atoms with Crippen LogP contribution in [-0.2, 0) is 6.30 Å². The van der Waals surface area contributed by atoms with Crippen LogP contribution in [0.15, 0.2) is 6.07 Å². The van der Waals surface area contributed by atoms with Crippen molar-refractivity contribution in [3.8, 4) is 5.88 Å². The lowest BCUT2D eigenvalue weighted by molar-refractivity contribution is -0.215. The predicted octanol–water partition coefficient (Wildman–Crippen LogP) is 1.56. The summed E-state index contributed by atoms with van der Waals surface area (Å²) in [5.74, 6) is -0.343. The second-order valence-corrected chi connectivity index (χ2v) is 1.92. The van der Waals surface area contributed by atoms with Gasteiger partial charge in [0.15, 0.2) is 0 Å². The monoisotopic (exact) mass is 179 g/mol. The molecule has 0 atom stereocenters. The summed E-state index contributed by atoms with van der Waals surface area (Å²) >= 11 is 0. The van der Waals surface area contributed by atoms with Crippen molar-refractivity contribution in [1.29, 1.82) is 0 Å². The van der Waals surface area contributed by atoms with Crippen molar-refractivity contribution in [3.63, 3.8) is 0 Å². The minimum absolute atomic E-state index is 0.162. The van der Waals surface area contributed by atoms with Crippen molar-refractivity contribution in [3.05, 3.63) is 12.3 Å². The molecule has 12 heavy (non-hydrogen) atoms. The molecule has 0 spiro atoms. The van der Waals surface area contributed by atoms with Crippen LogP contribution in [0.1, 0.15) is 6.92 Å². The van der Waals surface area contributed by atoms with E-state index in [0.29, 0.717) is 0 Å². The van der Waals surface area contributed by atoms with Gasteiger partial charge in [-0.25, -0.2) is 0 Å². The SMILES string of the molecule is CCOc1c[c]nn1C(F)(F)F. The fourth-order valence-electron chi connectivity index (χ4n) is 0.685. The minimum Gasteiger partial charge on any atom is -0.478 e. The number of halogens is 3. The first-order valence-electron chi connectivity index (χ1n) is 3.22. The highest BCUT2D eigenvalue weighted by atomic mass is 19.4. The third-order valence-corrected chi connectivity index (χ3v) is 1.09. The van der Waals surface area contributed by atoms with Crippen LogP contribution >= 0.6 is 0 Å². The first-order chi connectivity index (χ1) is 5.55. The molecule has 0 bridgehead atoms. The maximum atomic E-state index is 12.0. The molecule has 0 aliphatic rings. The molecule has 0 saturated heterocycles. The maximum absolute atomic E-state index is 12.0. The van der Waals surface area contributed by atoms with E-state index in [1.54, 1.807) is 6.92 Å². The standard InChI is InChI=1S/C6H6F3N2O/c1-2-12-5-3-4-10-11(5)6(7,8)9/h3H,2H2,1H3. The van der Waals surface area contributed by atoms with Crippen LogP contribution in [0, 0.1) is 6.20 Å². The molecular formula is C6H6F3N2O. The Balaban J connectivity index is 2.91. The van der Waals surface area contributed by atoms with E-state index in [1.165, 1.54) is 0 Å². The first-order valence-corrected chi connectivity index (χ1v) is 3.22. The smallest absolute Gasteiger partial charge is 0.478 e. The van der Waals surface area contributed by atoms with Gasteiger partial charge in [0, 0.05) is 6.07 Å². The summed E-state index contributed by atoms with van der Waals surface area (Å²) in [6.45, 7) is 1.75. The van der Waals surface area contributed by atoms with Gasteiger partial charge >= 0.3 is 6.30 Å². The molecule has 1 radical (unpaired) electrons. The Kier molecular flexibility index (Phi) is 2.25. The van der Waals surface area contributed by atoms with Crippen molar-refractivity contribution in [1.82, 2.24) is 9.78 Å². The summed E-state index contributed by atoms with van der Waals surface area (Å²) < 4.78 is 40.5. The fraction of sp³-hybridized carbons (Fsp3) is 0.500. The van der Waals surface area contributed by atoms with E-state index >= 15 is 0 Å². The van der Waals surface area contributed by atoms with Gasteiger partial charge in [-0.2, -0.15) is 5.10 Å². The van der Waals surface area contributed by atoms with E-state index in [-0.39, 0.29) is 17.2 Å². The summed E-state index contributed by atoms with van der Waals surface area (Å²) in [7, 11) is 0. The number of rotatable bonds is 2. The quantitative estimate of drug-likeness (QED) is 0.688. The molecule has 1 aromatic rings. The molecule has 67 valence electrons. The maximum Gasteiger partial charge on any atom is 0.507 e. The number of hydrogen-bond donors (Lipinski definition) is 0. The van der Waals surface area contributed by atoms with Gasteiger partial charge in [-0.1, -0.05) is 0 Å². The van der Waals surface area contributed by atoms with Gasteiger partial charge < -0.3 is 4.74 Å². The highest BCUT2D eigenvalue weighted by molar-refractivity contribution is 5.07. The molecule has 0 aliphatic carbocycles. The predicted molar refractivity (Wildman–Crippen MR) is 33.5 cm³/mol. The second-order valence-electron chi connectivity index (χ2n) is 1.92. The Labute approximate surface area is 66.7 Å². The third-order valence-electron chi connectivity index (χ3n) is 1.09. The van der Waals surface area contributed by atoms with Crippen LogP contribution in [0.2, 0.25) is 0 Å². The zero-order valence-electron chi connectivity index (χ0n) is 6.22. The molecular weight excluding hydrogens is 173 g/mol. The van der Waals surface area contributed by atoms with E-state index in [1.807, 2.05) is 0 Å². The molecule has 0 aliphatic heterocycles. The normalized spacial score (nSPS) is 11.7. The number of hydrogen-bond acceptors (Lipinski definition) is 2. The Morgan fingerprint density at radius 2 is 2.33 bits per heavy atom. The molecule has 6 heteroatoms. The number of alkyl halides is 3. The molecule has 1 rings (SSSR count). The largest absolute Gasteiger partial charge is 0.507 e. The Bertz CT molecular complexity index is 256. The van der Waals surface area contributed by atoms with E-state index in [4.69, 9.17) is 0 Å². The van der Waals surface area contributed by atoms with Crippen molar-refractivity contribution in [2.24, 2.45) is 0 Å². The van der Waals surface area contributed by atoms with Gasteiger partial charge in [-0.15, -0.1) is 17.9 Å². The average Bonchev–Trinajstić information content (AvgIpc) is 2.34. The van der Waals surface area contributed by atoms with E-state index in [9.17, 15) is 13.2 Å². The van der Waals surface area contributed by atoms with Crippen LogP contribution in [0.4, 0.5) is 13.2 Å². The van der Waals surface area contributed by atoms with E-state index < -0.39 is 6.30 Å². The summed E-state index contributed by atoms with van der Waals surface area (Å²) in [5, 5.41) is 2.95. The van der Waals surface area contributed by atoms with Crippen molar-refractivity contribution < 1.29 is 17.9 Å². The summed E-state index contributed by atoms with van der Waals surface area (Å²) in [6.07, 6.45) is -2.48. The number of ether oxygens (including phenoxy) is 1. The molecule has 0 saturated carbocycles. The lowest BCUT2D eigenvalue weighted by Crippen LogP contribution is -2.19. The molecule has 0 N–H and O–H groups in total. The van der Waals surface area contributed by atoms with E-state index in [0.717, 1.165) is 6.07 Å². The number of nitrogens with zero attached hydrogens (tertiary/aromatic N) is 2. The first kappa shape index (κ1) is 8.89. The summed E-state index contributed by atoms with van der Waals surface area (Å²) in [4.78, 5) is 0. The van der Waals surface area contributed by atoms with Crippen LogP contribution in [-0.4, -0.2) is 16.4 Å². The van der Waals surface area contributed by atoms with Crippen molar-refractivity contribution >= 4 is 0 Å². The highest BCUT2D eigenvalue weighted by Crippen LogP contribution is 2.26. The van der Waals surface area contributed by atoms with Gasteiger partial charge in [0.25, 0.3) is 0 Å². The number of aromatic nitrogens is 2. The third kappa shape index (κ3) is 1.69. The molecule has 3 nitrogen and oxygen atoms in total. The lowest BCUT2D eigenvalue weighted by Gasteiger charge is -2.09. The average molecular weight is 179 g/mol. The van der Waals surface area contributed by atoms with Crippen molar-refractivity contribution in [2.45, 2.75) is 13.2 Å². The summed E-state index contributed by atoms with van der Waals surface area (Å²) in [6, 6.07) is 1.04. The fourth-order valence-corrected chi connectivity index (χ4v) is 0.685. The molecule has 1 aromatic heterocycles. The molecule has 0 fully saturated rings. The van der Waals surface area contributed by atoms with Crippen molar-refractivity contribution in [2.75, 3.05) is 6.61 Å². The second kappa shape index (κ2) is 3.04. The topological polar surface area (TPSA) is 27.1 Å². The highest BCUT2D eigenvalue weighted by Gasteiger charge is 2.34. The lowest BCUT2D eigenvalue weighted by atomic mass is 10.7. The van der Waals surface area contributed by atoms with Gasteiger partial charge in [0.05, 0.1) is 6.61 Å². The zero-order chi connectivity index (χ0) is 9.19. The molecule has 0 aromatic carbocycles. The van der Waals surface area contributed by atoms with Crippen LogP contribution in [0.5, 0.6) is 5.88 Å². The van der Waals surface area contributed by atoms with Crippen LogP contribution in [0.3, 0.4) is 0 Å². The zero-order valence-corrected chi connectivity index (χ0v) is 6.22. The van der Waals surface area contributed by atoms with Gasteiger partial charge in [-0.3, -0.25) is 0 Å². The van der Waals surface area contributed by atoms with Crippen LogP contribution in [0.25, 0.3) is 0 Å². The Hall–Kier alpha value is -1.20. The van der Waals surface area contributed by atoms with Gasteiger partial charge in [0.2, 0.25) is 5.88 Å². The minimum atomic E-state index is -4.54.